The first-order chi connectivity index (χ1) is 15.0. The van der Waals surface area contributed by atoms with Gasteiger partial charge < -0.3 is 19.8 Å². The van der Waals surface area contributed by atoms with Crippen molar-refractivity contribution in [2.45, 2.75) is 18.4 Å². The van der Waals surface area contributed by atoms with Crippen LogP contribution in [-0.2, 0) is 11.3 Å². The summed E-state index contributed by atoms with van der Waals surface area (Å²) in [7, 11) is 3.05. The summed E-state index contributed by atoms with van der Waals surface area (Å²) in [5, 5.41) is 3.37. The fourth-order valence-corrected chi connectivity index (χ4v) is 3.77. The maximum atomic E-state index is 12.6. The number of aromatic nitrogens is 2. The SMILES string of the molecule is CCN(CC(=O)Nc1ccccc1SC)Cc1nc2cc(OC)c(OC)cc2c(=O)[nH]1. The molecular formula is C22H26N4O4S. The molecule has 0 bridgehead atoms. The quantitative estimate of drug-likeness (QED) is 0.492. The summed E-state index contributed by atoms with van der Waals surface area (Å²) in [4.78, 5) is 35.4. The first kappa shape index (κ1) is 22.6. The van der Waals surface area contributed by atoms with Crippen molar-refractivity contribution in [2.24, 2.45) is 0 Å². The van der Waals surface area contributed by atoms with E-state index in [2.05, 4.69) is 15.3 Å². The van der Waals surface area contributed by atoms with Gasteiger partial charge in [0.25, 0.3) is 5.56 Å². The normalized spacial score (nSPS) is 11.0. The smallest absolute Gasteiger partial charge is 0.258 e. The van der Waals surface area contributed by atoms with E-state index in [0.717, 1.165) is 10.6 Å². The van der Waals surface area contributed by atoms with Gasteiger partial charge in [-0.3, -0.25) is 14.5 Å². The third-order valence-electron chi connectivity index (χ3n) is 4.83. The summed E-state index contributed by atoms with van der Waals surface area (Å²) in [5.41, 5.74) is 1.02. The number of hydrogen-bond donors (Lipinski definition) is 2. The molecule has 0 aliphatic carbocycles. The molecule has 0 radical (unpaired) electrons. The number of carbonyl (C=O) groups is 1. The number of rotatable bonds is 9. The summed E-state index contributed by atoms with van der Waals surface area (Å²) in [5.74, 6) is 1.31. The van der Waals surface area contributed by atoms with Crippen molar-refractivity contribution in [2.75, 3.05) is 38.9 Å². The van der Waals surface area contributed by atoms with Crippen molar-refractivity contribution in [1.29, 1.82) is 0 Å². The number of amides is 1. The zero-order valence-corrected chi connectivity index (χ0v) is 18.8. The lowest BCUT2D eigenvalue weighted by Crippen LogP contribution is -2.34. The van der Waals surface area contributed by atoms with Crippen LogP contribution in [0.5, 0.6) is 11.5 Å². The molecule has 0 spiro atoms. The molecular weight excluding hydrogens is 416 g/mol. The van der Waals surface area contributed by atoms with Gasteiger partial charge in [0.2, 0.25) is 5.91 Å². The number of thioether (sulfide) groups is 1. The predicted octanol–water partition coefficient (Wildman–Crippen LogP) is 3.12. The largest absolute Gasteiger partial charge is 0.493 e. The molecule has 164 valence electrons. The van der Waals surface area contributed by atoms with E-state index in [1.807, 2.05) is 42.3 Å². The maximum Gasteiger partial charge on any atom is 0.258 e. The van der Waals surface area contributed by atoms with Crippen molar-refractivity contribution in [3.8, 4) is 11.5 Å². The number of nitrogens with one attached hydrogen (secondary N) is 2. The monoisotopic (exact) mass is 442 g/mol. The Balaban J connectivity index is 1.78. The summed E-state index contributed by atoms with van der Waals surface area (Å²) in [6, 6.07) is 11.0. The molecule has 3 aromatic rings. The summed E-state index contributed by atoms with van der Waals surface area (Å²) >= 11 is 1.58. The van der Waals surface area contributed by atoms with Crippen LogP contribution in [0.3, 0.4) is 0 Å². The lowest BCUT2D eigenvalue weighted by molar-refractivity contribution is -0.117. The highest BCUT2D eigenvalue weighted by atomic mass is 32.2. The number of H-pyrrole nitrogens is 1. The van der Waals surface area contributed by atoms with Crippen LogP contribution in [0, 0.1) is 0 Å². The van der Waals surface area contributed by atoms with Crippen LogP contribution in [0.1, 0.15) is 12.7 Å². The third kappa shape index (κ3) is 5.36. The number of para-hydroxylation sites is 1. The predicted molar refractivity (Wildman–Crippen MR) is 123 cm³/mol. The summed E-state index contributed by atoms with van der Waals surface area (Å²) in [6.07, 6.45) is 1.97. The van der Waals surface area contributed by atoms with Crippen LogP contribution in [0.25, 0.3) is 10.9 Å². The number of benzene rings is 2. The molecule has 8 nitrogen and oxygen atoms in total. The van der Waals surface area contributed by atoms with Crippen molar-refractivity contribution in [3.05, 3.63) is 52.6 Å². The Bertz CT molecular complexity index is 1130. The van der Waals surface area contributed by atoms with Crippen LogP contribution >= 0.6 is 11.8 Å². The minimum absolute atomic E-state index is 0.127. The Morgan fingerprint density at radius 3 is 2.58 bits per heavy atom. The highest BCUT2D eigenvalue weighted by Crippen LogP contribution is 2.30. The van der Waals surface area contributed by atoms with Gasteiger partial charge in [-0.25, -0.2) is 4.98 Å². The van der Waals surface area contributed by atoms with Gasteiger partial charge in [0.05, 0.1) is 43.9 Å². The van der Waals surface area contributed by atoms with Crippen LogP contribution in [0.2, 0.25) is 0 Å². The van der Waals surface area contributed by atoms with Gasteiger partial charge in [-0.2, -0.15) is 0 Å². The van der Waals surface area contributed by atoms with Crippen LogP contribution in [0.4, 0.5) is 5.69 Å². The van der Waals surface area contributed by atoms with Gasteiger partial charge in [0.15, 0.2) is 11.5 Å². The molecule has 1 aromatic heterocycles. The van der Waals surface area contributed by atoms with Crippen LogP contribution < -0.4 is 20.3 Å². The molecule has 9 heteroatoms. The molecule has 1 heterocycles. The Kier molecular flexibility index (Phi) is 7.54. The van der Waals surface area contributed by atoms with E-state index in [4.69, 9.17) is 9.47 Å². The molecule has 0 saturated carbocycles. The minimum Gasteiger partial charge on any atom is -0.493 e. The third-order valence-corrected chi connectivity index (χ3v) is 5.62. The van der Waals surface area contributed by atoms with Crippen molar-refractivity contribution < 1.29 is 14.3 Å². The molecule has 0 aliphatic rings. The molecule has 0 unspecified atom stereocenters. The Morgan fingerprint density at radius 1 is 1.19 bits per heavy atom. The average Bonchev–Trinajstić information content (AvgIpc) is 2.78. The number of anilines is 1. The second-order valence-corrected chi connectivity index (χ2v) is 7.64. The molecule has 0 atom stereocenters. The molecule has 0 aliphatic heterocycles. The van der Waals surface area contributed by atoms with Gasteiger partial charge in [-0.1, -0.05) is 19.1 Å². The number of nitrogens with zero attached hydrogens (tertiary/aromatic N) is 2. The molecule has 3 rings (SSSR count). The van der Waals surface area contributed by atoms with E-state index >= 15 is 0 Å². The van der Waals surface area contributed by atoms with E-state index in [1.165, 1.54) is 14.2 Å². The number of hydrogen-bond acceptors (Lipinski definition) is 7. The maximum absolute atomic E-state index is 12.6. The Morgan fingerprint density at radius 2 is 1.90 bits per heavy atom. The van der Waals surface area contributed by atoms with E-state index in [9.17, 15) is 9.59 Å². The van der Waals surface area contributed by atoms with Crippen molar-refractivity contribution in [3.63, 3.8) is 0 Å². The zero-order valence-electron chi connectivity index (χ0n) is 18.0. The second-order valence-electron chi connectivity index (χ2n) is 6.79. The second kappa shape index (κ2) is 10.3. The number of methoxy groups -OCH3 is 2. The summed E-state index contributed by atoms with van der Waals surface area (Å²) in [6.45, 7) is 3.07. The fraction of sp³-hybridized carbons (Fsp3) is 0.318. The fourth-order valence-electron chi connectivity index (χ4n) is 3.22. The average molecular weight is 443 g/mol. The van der Waals surface area contributed by atoms with E-state index < -0.39 is 0 Å². The molecule has 2 aromatic carbocycles. The first-order valence-electron chi connectivity index (χ1n) is 9.79. The van der Waals surface area contributed by atoms with Crippen LogP contribution in [-0.4, -0.2) is 54.3 Å². The van der Waals surface area contributed by atoms with Gasteiger partial charge >= 0.3 is 0 Å². The number of aromatic amines is 1. The number of likely N-dealkylation sites (N-methyl/N-ethyl adjacent to an activating group) is 1. The molecule has 0 fully saturated rings. The standard InChI is InChI=1S/C22H26N4O4S/c1-5-26(13-21(27)24-15-8-6-7-9-19(15)31-4)12-20-23-16-11-18(30-3)17(29-2)10-14(16)22(28)25-20/h6-11H,5,12-13H2,1-4H3,(H,24,27)(H,23,25,28). The minimum atomic E-state index is -0.268. The molecule has 0 saturated heterocycles. The van der Waals surface area contributed by atoms with Crippen LogP contribution in [0.15, 0.2) is 46.1 Å². The van der Waals surface area contributed by atoms with Gasteiger partial charge in [0.1, 0.15) is 5.82 Å². The van der Waals surface area contributed by atoms with E-state index in [-0.39, 0.29) is 18.0 Å². The van der Waals surface area contributed by atoms with E-state index in [0.29, 0.717) is 41.3 Å². The van der Waals surface area contributed by atoms with Gasteiger partial charge in [-0.15, -0.1) is 11.8 Å². The first-order valence-corrected chi connectivity index (χ1v) is 11.0. The Hall–Kier alpha value is -3.04. The molecule has 1 amide bonds. The zero-order chi connectivity index (χ0) is 22.4. The highest BCUT2D eigenvalue weighted by molar-refractivity contribution is 7.98. The van der Waals surface area contributed by atoms with Gasteiger partial charge in [0, 0.05) is 11.0 Å². The lowest BCUT2D eigenvalue weighted by Gasteiger charge is -2.20. The molecule has 2 N–H and O–H groups in total. The Labute approximate surface area is 185 Å². The number of carbonyl (C=O) groups excluding carboxylic acids is 1. The summed E-state index contributed by atoms with van der Waals surface area (Å²) < 4.78 is 10.6. The highest BCUT2D eigenvalue weighted by Gasteiger charge is 2.15. The molecule has 31 heavy (non-hydrogen) atoms. The number of fused-ring (bicyclic) bond motifs is 1. The number of ether oxygens (including phenoxy) is 2. The lowest BCUT2D eigenvalue weighted by atomic mass is 10.2. The van der Waals surface area contributed by atoms with Crippen molar-refractivity contribution >= 4 is 34.3 Å². The van der Waals surface area contributed by atoms with Gasteiger partial charge in [-0.05, 0) is 31.0 Å². The topological polar surface area (TPSA) is 96.6 Å². The van der Waals surface area contributed by atoms with E-state index in [1.54, 1.807) is 23.9 Å². The van der Waals surface area contributed by atoms with Crippen molar-refractivity contribution in [1.82, 2.24) is 14.9 Å².